The Hall–Kier alpha value is -0.215. The first kappa shape index (κ1) is 16.8. The highest BCUT2D eigenvalue weighted by molar-refractivity contribution is 6.32. The first-order valence-electron chi connectivity index (χ1n) is 5.47. The van der Waals surface area contributed by atoms with Crippen LogP contribution in [0.3, 0.4) is 0 Å². The normalized spacial score (nSPS) is 10.8. The van der Waals surface area contributed by atoms with Gasteiger partial charge in [0.15, 0.2) is 0 Å². The van der Waals surface area contributed by atoms with Crippen LogP contribution in [0.2, 0.25) is 0 Å². The summed E-state index contributed by atoms with van der Waals surface area (Å²) in [7, 11) is -0.115. The topological polar surface area (TPSA) is 86.6 Å². The van der Waals surface area contributed by atoms with E-state index in [4.69, 9.17) is 29.0 Å². The molecule has 0 aromatic rings. The van der Waals surface area contributed by atoms with Crippen LogP contribution in [-0.4, -0.2) is 77.3 Å². The standard InChI is InChI=1S/C9H21BO7/c1-13-2-3-14-4-5-15-6-7-16-8-9-17-10(11)12/h11-12H,2-9H2,1H3. The lowest BCUT2D eigenvalue weighted by Gasteiger charge is -2.06. The van der Waals surface area contributed by atoms with E-state index >= 15 is 0 Å². The fourth-order valence-corrected chi connectivity index (χ4v) is 0.897. The van der Waals surface area contributed by atoms with Gasteiger partial charge in [0.1, 0.15) is 0 Å². The van der Waals surface area contributed by atoms with E-state index in [-0.39, 0.29) is 6.61 Å². The summed E-state index contributed by atoms with van der Waals surface area (Å²) in [6.07, 6.45) is 0. The zero-order valence-corrected chi connectivity index (χ0v) is 10.2. The molecule has 0 radical (unpaired) electrons. The maximum Gasteiger partial charge on any atom is 0.633 e. The Balaban J connectivity index is 2.89. The van der Waals surface area contributed by atoms with Crippen LogP contribution in [0.1, 0.15) is 0 Å². The molecule has 0 heterocycles. The molecule has 0 rings (SSSR count). The van der Waals surface area contributed by atoms with Crippen molar-refractivity contribution < 1.29 is 33.6 Å². The third kappa shape index (κ3) is 15.8. The molecule has 17 heavy (non-hydrogen) atoms. The Kier molecular flexibility index (Phi) is 13.7. The zero-order valence-electron chi connectivity index (χ0n) is 10.2. The summed E-state index contributed by atoms with van der Waals surface area (Å²) < 4.78 is 24.7. The van der Waals surface area contributed by atoms with Gasteiger partial charge >= 0.3 is 7.32 Å². The predicted molar refractivity (Wildman–Crippen MR) is 60.5 cm³/mol. The van der Waals surface area contributed by atoms with Gasteiger partial charge in [-0.05, 0) is 0 Å². The maximum atomic E-state index is 8.34. The fraction of sp³-hybridized carbons (Fsp3) is 1.00. The first-order valence-corrected chi connectivity index (χ1v) is 5.47. The Morgan fingerprint density at radius 3 is 1.53 bits per heavy atom. The van der Waals surface area contributed by atoms with E-state index in [9.17, 15) is 0 Å². The third-order valence-electron chi connectivity index (χ3n) is 1.67. The van der Waals surface area contributed by atoms with Crippen molar-refractivity contribution in [3.8, 4) is 0 Å². The van der Waals surface area contributed by atoms with Crippen molar-refractivity contribution in [2.24, 2.45) is 0 Å². The molecule has 102 valence electrons. The van der Waals surface area contributed by atoms with Crippen molar-refractivity contribution in [1.82, 2.24) is 0 Å². The SMILES string of the molecule is COCCOCCOCCOCCOB(O)O. The Labute approximate surface area is 102 Å². The Bertz CT molecular complexity index is 147. The van der Waals surface area contributed by atoms with Gasteiger partial charge < -0.3 is 33.6 Å². The zero-order chi connectivity index (χ0) is 12.8. The van der Waals surface area contributed by atoms with Crippen LogP contribution < -0.4 is 0 Å². The largest absolute Gasteiger partial charge is 0.633 e. The average molecular weight is 252 g/mol. The average Bonchev–Trinajstić information content (AvgIpc) is 2.30. The molecule has 2 N–H and O–H groups in total. The second kappa shape index (κ2) is 13.8. The van der Waals surface area contributed by atoms with Crippen molar-refractivity contribution >= 4 is 7.32 Å². The van der Waals surface area contributed by atoms with Gasteiger partial charge in [0.05, 0.1) is 52.9 Å². The molecule has 0 unspecified atom stereocenters. The van der Waals surface area contributed by atoms with Crippen LogP contribution in [-0.2, 0) is 23.6 Å². The summed E-state index contributed by atoms with van der Waals surface area (Å²) in [5, 5.41) is 16.7. The molecule has 0 aliphatic carbocycles. The molecule has 8 heteroatoms. The second-order valence-electron chi connectivity index (χ2n) is 3.03. The summed E-state index contributed by atoms with van der Waals surface area (Å²) in [5.41, 5.74) is 0. The quantitative estimate of drug-likeness (QED) is 0.310. The predicted octanol–water partition coefficient (Wildman–Crippen LogP) is -1.33. The van der Waals surface area contributed by atoms with Crippen LogP contribution in [0.4, 0.5) is 0 Å². The number of hydrogen-bond acceptors (Lipinski definition) is 7. The molecule has 0 spiro atoms. The van der Waals surface area contributed by atoms with Crippen LogP contribution in [0.25, 0.3) is 0 Å². The van der Waals surface area contributed by atoms with Crippen molar-refractivity contribution in [3.63, 3.8) is 0 Å². The van der Waals surface area contributed by atoms with E-state index in [2.05, 4.69) is 4.65 Å². The third-order valence-corrected chi connectivity index (χ3v) is 1.67. The summed E-state index contributed by atoms with van der Waals surface area (Å²) in [6.45, 7) is 3.53. The summed E-state index contributed by atoms with van der Waals surface area (Å²) in [5.74, 6) is 0. The van der Waals surface area contributed by atoms with Crippen LogP contribution in [0.5, 0.6) is 0 Å². The molecule has 0 aromatic carbocycles. The van der Waals surface area contributed by atoms with E-state index in [0.29, 0.717) is 46.2 Å². The van der Waals surface area contributed by atoms with E-state index in [1.165, 1.54) is 0 Å². The lowest BCUT2D eigenvalue weighted by Crippen LogP contribution is -2.20. The summed E-state index contributed by atoms with van der Waals surface area (Å²) >= 11 is 0. The minimum absolute atomic E-state index is 0.137. The first-order chi connectivity index (χ1) is 8.27. The molecule has 0 aliphatic heterocycles. The van der Waals surface area contributed by atoms with Crippen LogP contribution >= 0.6 is 0 Å². The second-order valence-corrected chi connectivity index (χ2v) is 3.03. The van der Waals surface area contributed by atoms with Crippen molar-refractivity contribution in [2.45, 2.75) is 0 Å². The lowest BCUT2D eigenvalue weighted by atomic mass is 10.3. The highest BCUT2D eigenvalue weighted by Gasteiger charge is 2.06. The van der Waals surface area contributed by atoms with Gasteiger partial charge in [-0.25, -0.2) is 0 Å². The monoisotopic (exact) mass is 252 g/mol. The number of hydrogen-bond donors (Lipinski definition) is 2. The van der Waals surface area contributed by atoms with Gasteiger partial charge in [-0.3, -0.25) is 0 Å². The lowest BCUT2D eigenvalue weighted by molar-refractivity contribution is -0.00182. The molecule has 0 saturated heterocycles. The molecule has 0 amide bonds. The van der Waals surface area contributed by atoms with Gasteiger partial charge in [-0.2, -0.15) is 0 Å². The van der Waals surface area contributed by atoms with Gasteiger partial charge in [0, 0.05) is 7.11 Å². The molecular formula is C9H21BO7. The minimum Gasteiger partial charge on any atom is -0.402 e. The van der Waals surface area contributed by atoms with E-state index in [1.54, 1.807) is 7.11 Å². The minimum atomic E-state index is -1.74. The van der Waals surface area contributed by atoms with Gasteiger partial charge in [0.2, 0.25) is 0 Å². The Morgan fingerprint density at radius 1 is 0.706 bits per heavy atom. The van der Waals surface area contributed by atoms with E-state index in [1.807, 2.05) is 0 Å². The summed E-state index contributed by atoms with van der Waals surface area (Å²) in [4.78, 5) is 0. The fourth-order valence-electron chi connectivity index (χ4n) is 0.897. The van der Waals surface area contributed by atoms with E-state index in [0.717, 1.165) is 0 Å². The number of rotatable bonds is 13. The molecule has 0 atom stereocenters. The van der Waals surface area contributed by atoms with Gasteiger partial charge in [-0.15, -0.1) is 0 Å². The maximum absolute atomic E-state index is 8.34. The smallest absolute Gasteiger partial charge is 0.402 e. The van der Waals surface area contributed by atoms with Gasteiger partial charge in [0.25, 0.3) is 0 Å². The molecule has 0 saturated carbocycles. The molecule has 0 aromatic heterocycles. The Morgan fingerprint density at radius 2 is 1.12 bits per heavy atom. The summed E-state index contributed by atoms with van der Waals surface area (Å²) in [6, 6.07) is 0. The molecule has 0 aliphatic rings. The van der Waals surface area contributed by atoms with Crippen LogP contribution in [0.15, 0.2) is 0 Å². The molecular weight excluding hydrogens is 231 g/mol. The van der Waals surface area contributed by atoms with Crippen molar-refractivity contribution in [2.75, 3.05) is 60.0 Å². The molecule has 7 nitrogen and oxygen atoms in total. The highest BCUT2D eigenvalue weighted by Crippen LogP contribution is 1.83. The number of methoxy groups -OCH3 is 1. The van der Waals surface area contributed by atoms with Crippen molar-refractivity contribution in [1.29, 1.82) is 0 Å². The van der Waals surface area contributed by atoms with Gasteiger partial charge in [-0.1, -0.05) is 0 Å². The van der Waals surface area contributed by atoms with E-state index < -0.39 is 7.32 Å². The van der Waals surface area contributed by atoms with Crippen molar-refractivity contribution in [3.05, 3.63) is 0 Å². The molecule has 0 bridgehead atoms. The number of ether oxygens (including phenoxy) is 4. The molecule has 0 fully saturated rings. The highest BCUT2D eigenvalue weighted by atomic mass is 16.6. The van der Waals surface area contributed by atoms with Crippen LogP contribution in [0, 0.1) is 0 Å².